The summed E-state index contributed by atoms with van der Waals surface area (Å²) in [6, 6.07) is 13.1. The number of ether oxygens (including phenoxy) is 5. The highest BCUT2D eigenvalue weighted by Gasteiger charge is 1.96. The number of phenols is 2. The highest BCUT2D eigenvalue weighted by atomic mass is 16.6. The van der Waals surface area contributed by atoms with Crippen LogP contribution in [0.5, 0.6) is 23.0 Å². The lowest BCUT2D eigenvalue weighted by molar-refractivity contribution is 0.00499. The summed E-state index contributed by atoms with van der Waals surface area (Å²) in [5.41, 5.74) is 0. The number of phenolic OH excluding ortho intramolecular Hbond substituents is 2. The molecule has 2 rings (SSSR count). The van der Waals surface area contributed by atoms with Gasteiger partial charge in [0.15, 0.2) is 0 Å². The second-order valence-electron chi connectivity index (χ2n) is 5.52. The average Bonchev–Trinajstić information content (AvgIpc) is 2.68. The van der Waals surface area contributed by atoms with Crippen LogP contribution >= 0.6 is 0 Å². The first-order valence-corrected chi connectivity index (χ1v) is 8.81. The number of hydrogen-bond donors (Lipinski definition) is 2. The standard InChI is InChI=1S/C20H26O7/c21-17-1-5-19(6-2-17)26-15-13-24-11-9-23-10-12-25-14-16-27-20-7-3-18(22)4-8-20/h1-8,21-22H,9-16H2. The first-order valence-electron chi connectivity index (χ1n) is 8.81. The molecule has 0 fully saturated rings. The molecule has 2 aromatic carbocycles. The van der Waals surface area contributed by atoms with Gasteiger partial charge >= 0.3 is 0 Å². The zero-order chi connectivity index (χ0) is 19.2. The minimum Gasteiger partial charge on any atom is -0.508 e. The molecule has 0 aliphatic rings. The van der Waals surface area contributed by atoms with Crippen LogP contribution in [0.15, 0.2) is 48.5 Å². The lowest BCUT2D eigenvalue weighted by atomic mass is 10.3. The highest BCUT2D eigenvalue weighted by molar-refractivity contribution is 5.30. The fourth-order valence-corrected chi connectivity index (χ4v) is 2.06. The van der Waals surface area contributed by atoms with E-state index in [2.05, 4.69) is 0 Å². The van der Waals surface area contributed by atoms with E-state index in [0.717, 1.165) is 0 Å². The van der Waals surface area contributed by atoms with Gasteiger partial charge in [0.2, 0.25) is 0 Å². The van der Waals surface area contributed by atoms with Crippen molar-refractivity contribution in [3.63, 3.8) is 0 Å². The van der Waals surface area contributed by atoms with Crippen LogP contribution < -0.4 is 9.47 Å². The van der Waals surface area contributed by atoms with Gasteiger partial charge in [0, 0.05) is 0 Å². The van der Waals surface area contributed by atoms with Crippen LogP contribution in [0.3, 0.4) is 0 Å². The number of hydrogen-bond acceptors (Lipinski definition) is 7. The van der Waals surface area contributed by atoms with Crippen molar-refractivity contribution in [2.75, 3.05) is 52.9 Å². The summed E-state index contributed by atoms with van der Waals surface area (Å²) < 4.78 is 27.1. The summed E-state index contributed by atoms with van der Waals surface area (Å²) in [5, 5.41) is 18.3. The van der Waals surface area contributed by atoms with Gasteiger partial charge in [-0.05, 0) is 48.5 Å². The first-order chi connectivity index (χ1) is 13.2. The Balaban J connectivity index is 1.32. The Bertz CT molecular complexity index is 558. The van der Waals surface area contributed by atoms with E-state index >= 15 is 0 Å². The highest BCUT2D eigenvalue weighted by Crippen LogP contribution is 2.16. The third-order valence-electron chi connectivity index (χ3n) is 3.41. The molecule has 0 unspecified atom stereocenters. The zero-order valence-corrected chi connectivity index (χ0v) is 15.2. The van der Waals surface area contributed by atoms with Crippen molar-refractivity contribution in [3.8, 4) is 23.0 Å². The largest absolute Gasteiger partial charge is 0.508 e. The van der Waals surface area contributed by atoms with Crippen molar-refractivity contribution >= 4 is 0 Å². The Labute approximate surface area is 159 Å². The molecular formula is C20H26O7. The first kappa shape index (κ1) is 20.8. The molecule has 2 aromatic rings. The fourth-order valence-electron chi connectivity index (χ4n) is 2.06. The van der Waals surface area contributed by atoms with Gasteiger partial charge < -0.3 is 33.9 Å². The predicted octanol–water partition coefficient (Wildman–Crippen LogP) is 2.61. The smallest absolute Gasteiger partial charge is 0.119 e. The van der Waals surface area contributed by atoms with Crippen LogP contribution in [0.25, 0.3) is 0 Å². The summed E-state index contributed by atoms with van der Waals surface area (Å²) in [5.74, 6) is 1.81. The van der Waals surface area contributed by atoms with Crippen molar-refractivity contribution in [2.45, 2.75) is 0 Å². The fraction of sp³-hybridized carbons (Fsp3) is 0.400. The van der Waals surface area contributed by atoms with Gasteiger partial charge in [0.25, 0.3) is 0 Å². The van der Waals surface area contributed by atoms with Crippen molar-refractivity contribution in [1.29, 1.82) is 0 Å². The van der Waals surface area contributed by atoms with Crippen LogP contribution in [-0.2, 0) is 14.2 Å². The summed E-state index contributed by atoms with van der Waals surface area (Å²) in [7, 11) is 0. The second-order valence-corrected chi connectivity index (χ2v) is 5.52. The molecule has 27 heavy (non-hydrogen) atoms. The SMILES string of the molecule is Oc1ccc(OCCOCCOCCOCCOc2ccc(O)cc2)cc1. The molecule has 0 spiro atoms. The average molecular weight is 378 g/mol. The number of benzene rings is 2. The van der Waals surface area contributed by atoms with E-state index in [0.29, 0.717) is 64.4 Å². The van der Waals surface area contributed by atoms with E-state index in [1.165, 1.54) is 0 Å². The predicted molar refractivity (Wildman–Crippen MR) is 99.7 cm³/mol. The Morgan fingerprint density at radius 2 is 0.741 bits per heavy atom. The molecule has 0 saturated heterocycles. The van der Waals surface area contributed by atoms with Crippen LogP contribution in [0.2, 0.25) is 0 Å². The Hall–Kier alpha value is -2.48. The number of rotatable bonds is 14. The maximum atomic E-state index is 9.17. The minimum atomic E-state index is 0.213. The van der Waals surface area contributed by atoms with Gasteiger partial charge in [-0.25, -0.2) is 0 Å². The van der Waals surface area contributed by atoms with Gasteiger partial charge in [-0.15, -0.1) is 0 Å². The second kappa shape index (κ2) is 12.8. The molecule has 0 bridgehead atoms. The van der Waals surface area contributed by atoms with E-state index in [4.69, 9.17) is 33.9 Å². The third-order valence-corrected chi connectivity index (χ3v) is 3.41. The summed E-state index contributed by atoms with van der Waals surface area (Å²) in [4.78, 5) is 0. The summed E-state index contributed by atoms with van der Waals surface area (Å²) >= 11 is 0. The Kier molecular flexibility index (Phi) is 9.88. The molecule has 0 aromatic heterocycles. The van der Waals surface area contributed by atoms with E-state index in [-0.39, 0.29) is 11.5 Å². The van der Waals surface area contributed by atoms with Crippen LogP contribution in [0.4, 0.5) is 0 Å². The molecule has 0 atom stereocenters. The monoisotopic (exact) mass is 378 g/mol. The molecule has 7 nitrogen and oxygen atoms in total. The van der Waals surface area contributed by atoms with E-state index in [1.807, 2.05) is 0 Å². The molecule has 0 saturated carbocycles. The summed E-state index contributed by atoms with van der Waals surface area (Å²) in [6.07, 6.45) is 0. The van der Waals surface area contributed by atoms with Crippen LogP contribution in [0.1, 0.15) is 0 Å². The molecule has 148 valence electrons. The van der Waals surface area contributed by atoms with Crippen molar-refractivity contribution in [2.24, 2.45) is 0 Å². The molecule has 0 aliphatic heterocycles. The quantitative estimate of drug-likeness (QED) is 0.489. The van der Waals surface area contributed by atoms with Gasteiger partial charge in [-0.2, -0.15) is 0 Å². The number of aromatic hydroxyl groups is 2. The lowest BCUT2D eigenvalue weighted by Crippen LogP contribution is -2.14. The third kappa shape index (κ3) is 9.69. The van der Waals surface area contributed by atoms with Gasteiger partial charge in [0.05, 0.1) is 39.6 Å². The molecule has 7 heteroatoms. The molecule has 0 radical (unpaired) electrons. The lowest BCUT2D eigenvalue weighted by Gasteiger charge is -2.09. The molecule has 2 N–H and O–H groups in total. The molecular weight excluding hydrogens is 352 g/mol. The van der Waals surface area contributed by atoms with Crippen molar-refractivity contribution in [1.82, 2.24) is 0 Å². The molecule has 0 heterocycles. The normalized spacial score (nSPS) is 10.7. The molecule has 0 amide bonds. The van der Waals surface area contributed by atoms with Gasteiger partial charge in [-0.3, -0.25) is 0 Å². The van der Waals surface area contributed by atoms with Crippen LogP contribution in [0, 0.1) is 0 Å². The summed E-state index contributed by atoms with van der Waals surface area (Å²) in [6.45, 7) is 3.78. The zero-order valence-electron chi connectivity index (χ0n) is 15.2. The topological polar surface area (TPSA) is 86.6 Å². The maximum absolute atomic E-state index is 9.17. The van der Waals surface area contributed by atoms with E-state index in [9.17, 15) is 0 Å². The Morgan fingerprint density at radius 3 is 1.07 bits per heavy atom. The Morgan fingerprint density at radius 1 is 0.444 bits per heavy atom. The van der Waals surface area contributed by atoms with E-state index < -0.39 is 0 Å². The van der Waals surface area contributed by atoms with Gasteiger partial charge in [-0.1, -0.05) is 0 Å². The van der Waals surface area contributed by atoms with Crippen molar-refractivity contribution in [3.05, 3.63) is 48.5 Å². The van der Waals surface area contributed by atoms with Gasteiger partial charge in [0.1, 0.15) is 36.2 Å². The van der Waals surface area contributed by atoms with Crippen LogP contribution in [-0.4, -0.2) is 63.1 Å². The maximum Gasteiger partial charge on any atom is 0.119 e. The minimum absolute atomic E-state index is 0.213. The van der Waals surface area contributed by atoms with Crippen molar-refractivity contribution < 1.29 is 33.9 Å². The molecule has 0 aliphatic carbocycles. The van der Waals surface area contributed by atoms with E-state index in [1.54, 1.807) is 48.5 Å².